The van der Waals surface area contributed by atoms with Gasteiger partial charge in [-0.25, -0.2) is 9.97 Å². The van der Waals surface area contributed by atoms with Crippen LogP contribution in [-0.2, 0) is 6.42 Å². The van der Waals surface area contributed by atoms with Crippen molar-refractivity contribution in [3.63, 3.8) is 0 Å². The highest BCUT2D eigenvalue weighted by Gasteiger charge is 2.28. The molecule has 25 heavy (non-hydrogen) atoms. The number of nitrogens with zero attached hydrogens (tertiary/aromatic N) is 2. The number of nitrogens with one attached hydrogen (secondary N) is 1. The Kier molecular flexibility index (Phi) is 3.85. The van der Waals surface area contributed by atoms with E-state index in [0.717, 1.165) is 5.56 Å². The Labute approximate surface area is 143 Å². The van der Waals surface area contributed by atoms with Gasteiger partial charge in [-0.05, 0) is 30.0 Å². The van der Waals surface area contributed by atoms with Gasteiger partial charge in [0.15, 0.2) is 11.5 Å². The molecule has 0 unspecified atom stereocenters. The Hall–Kier alpha value is -3.28. The largest absolute Gasteiger partial charge is 0.459 e. The Balaban J connectivity index is 1.59. The summed E-state index contributed by atoms with van der Waals surface area (Å²) >= 11 is 0. The van der Waals surface area contributed by atoms with Gasteiger partial charge in [-0.3, -0.25) is 14.9 Å². The van der Waals surface area contributed by atoms with Crippen LogP contribution in [0.3, 0.4) is 0 Å². The van der Waals surface area contributed by atoms with Crippen molar-refractivity contribution in [2.75, 3.05) is 5.32 Å². The number of rotatable bonds is 3. The molecule has 0 fully saturated rings. The molecule has 4 rings (SSSR count). The maximum Gasteiger partial charge on any atom is 0.293 e. The summed E-state index contributed by atoms with van der Waals surface area (Å²) in [7, 11) is 0. The van der Waals surface area contributed by atoms with Crippen LogP contribution in [-0.4, -0.2) is 21.7 Å². The lowest BCUT2D eigenvalue weighted by Crippen LogP contribution is -2.22. The first-order valence-corrected chi connectivity index (χ1v) is 7.99. The van der Waals surface area contributed by atoms with Gasteiger partial charge in [0.2, 0.25) is 5.95 Å². The average molecular weight is 333 g/mol. The van der Waals surface area contributed by atoms with Crippen LogP contribution in [0, 0.1) is 0 Å². The van der Waals surface area contributed by atoms with Crippen LogP contribution in [0.2, 0.25) is 0 Å². The van der Waals surface area contributed by atoms with Crippen molar-refractivity contribution in [2.45, 2.75) is 18.8 Å². The zero-order valence-electron chi connectivity index (χ0n) is 13.3. The maximum atomic E-state index is 12.4. The van der Waals surface area contributed by atoms with E-state index in [4.69, 9.17) is 4.42 Å². The van der Waals surface area contributed by atoms with Gasteiger partial charge in [-0.2, -0.15) is 0 Å². The van der Waals surface area contributed by atoms with E-state index in [-0.39, 0.29) is 23.4 Å². The fourth-order valence-corrected chi connectivity index (χ4v) is 3.04. The number of carbonyl (C=O) groups excluding carboxylic acids is 2. The molecule has 3 aromatic rings. The van der Waals surface area contributed by atoms with Crippen molar-refractivity contribution in [3.05, 3.63) is 77.5 Å². The predicted molar refractivity (Wildman–Crippen MR) is 90.5 cm³/mol. The first-order valence-electron chi connectivity index (χ1n) is 7.99. The van der Waals surface area contributed by atoms with Crippen LogP contribution < -0.4 is 5.32 Å². The summed E-state index contributed by atoms with van der Waals surface area (Å²) in [6, 6.07) is 13.1. The van der Waals surface area contributed by atoms with E-state index in [2.05, 4.69) is 15.3 Å². The second-order valence-corrected chi connectivity index (χ2v) is 5.92. The van der Waals surface area contributed by atoms with Crippen LogP contribution in [0.1, 0.15) is 44.5 Å². The molecule has 1 aliphatic rings. The number of anilines is 1. The summed E-state index contributed by atoms with van der Waals surface area (Å²) in [4.78, 5) is 32.9. The van der Waals surface area contributed by atoms with E-state index in [0.29, 0.717) is 24.1 Å². The number of aromatic nitrogens is 2. The van der Waals surface area contributed by atoms with Crippen molar-refractivity contribution < 1.29 is 14.0 Å². The van der Waals surface area contributed by atoms with Crippen LogP contribution >= 0.6 is 0 Å². The molecule has 0 aliphatic heterocycles. The van der Waals surface area contributed by atoms with Gasteiger partial charge in [0, 0.05) is 12.6 Å². The minimum absolute atomic E-state index is 0.0269. The minimum Gasteiger partial charge on any atom is -0.459 e. The molecule has 6 nitrogen and oxygen atoms in total. The van der Waals surface area contributed by atoms with E-state index in [9.17, 15) is 9.59 Å². The molecule has 0 saturated carbocycles. The number of amides is 1. The minimum atomic E-state index is -0.424. The summed E-state index contributed by atoms with van der Waals surface area (Å²) < 4.78 is 5.05. The Morgan fingerprint density at radius 3 is 2.72 bits per heavy atom. The monoisotopic (exact) mass is 333 g/mol. The lowest BCUT2D eigenvalue weighted by molar-refractivity contribution is 0.0962. The van der Waals surface area contributed by atoms with Crippen molar-refractivity contribution in [3.8, 4) is 0 Å². The van der Waals surface area contributed by atoms with E-state index >= 15 is 0 Å². The number of hydrogen-bond acceptors (Lipinski definition) is 5. The van der Waals surface area contributed by atoms with E-state index < -0.39 is 5.91 Å². The van der Waals surface area contributed by atoms with Crippen molar-refractivity contribution in [1.29, 1.82) is 0 Å². The van der Waals surface area contributed by atoms with E-state index in [1.807, 2.05) is 30.3 Å². The molecule has 0 spiro atoms. The SMILES string of the molecule is O=C(Nc1ncc2c(n1)C[C@H](c1ccccc1)CC2=O)c1ccco1. The molecule has 1 amide bonds. The molecule has 1 aliphatic carbocycles. The molecule has 0 saturated heterocycles. The molecule has 0 radical (unpaired) electrons. The van der Waals surface area contributed by atoms with Gasteiger partial charge in [-0.15, -0.1) is 0 Å². The quantitative estimate of drug-likeness (QED) is 0.795. The van der Waals surface area contributed by atoms with Gasteiger partial charge in [0.05, 0.1) is 17.5 Å². The lowest BCUT2D eigenvalue weighted by Gasteiger charge is -2.23. The van der Waals surface area contributed by atoms with Crippen LogP contribution in [0.15, 0.2) is 59.3 Å². The molecule has 124 valence electrons. The molecule has 2 aromatic heterocycles. The summed E-state index contributed by atoms with van der Waals surface area (Å²) in [5, 5.41) is 2.60. The second-order valence-electron chi connectivity index (χ2n) is 5.92. The Morgan fingerprint density at radius 1 is 1.12 bits per heavy atom. The third-order valence-electron chi connectivity index (χ3n) is 4.28. The molecule has 2 heterocycles. The Morgan fingerprint density at radius 2 is 1.96 bits per heavy atom. The number of fused-ring (bicyclic) bond motifs is 1. The fraction of sp³-hybridized carbons (Fsp3) is 0.158. The summed E-state index contributed by atoms with van der Waals surface area (Å²) in [6.45, 7) is 0. The summed E-state index contributed by atoms with van der Waals surface area (Å²) in [6.07, 6.45) is 3.99. The highest BCUT2D eigenvalue weighted by atomic mass is 16.3. The fourth-order valence-electron chi connectivity index (χ4n) is 3.04. The van der Waals surface area contributed by atoms with Gasteiger partial charge < -0.3 is 4.42 Å². The zero-order valence-corrected chi connectivity index (χ0v) is 13.3. The topological polar surface area (TPSA) is 85.1 Å². The predicted octanol–water partition coefficient (Wildman–Crippen LogP) is 3.23. The smallest absolute Gasteiger partial charge is 0.293 e. The molecule has 1 atom stereocenters. The van der Waals surface area contributed by atoms with Gasteiger partial charge in [0.25, 0.3) is 5.91 Å². The van der Waals surface area contributed by atoms with Crippen molar-refractivity contribution in [2.24, 2.45) is 0 Å². The lowest BCUT2D eigenvalue weighted by atomic mass is 9.82. The first-order chi connectivity index (χ1) is 12.2. The zero-order chi connectivity index (χ0) is 17.2. The highest BCUT2D eigenvalue weighted by Crippen LogP contribution is 2.31. The second kappa shape index (κ2) is 6.32. The van der Waals surface area contributed by atoms with Gasteiger partial charge in [-0.1, -0.05) is 30.3 Å². The maximum absolute atomic E-state index is 12.4. The number of ketones is 1. The highest BCUT2D eigenvalue weighted by molar-refractivity contribution is 6.02. The molecule has 1 aromatic carbocycles. The normalized spacial score (nSPS) is 16.3. The molecule has 1 N–H and O–H groups in total. The number of Topliss-reactive ketones (excluding diaryl/α,β-unsaturated/α-hetero) is 1. The first kappa shape index (κ1) is 15.3. The van der Waals surface area contributed by atoms with Crippen molar-refractivity contribution >= 4 is 17.6 Å². The van der Waals surface area contributed by atoms with Crippen LogP contribution in [0.4, 0.5) is 5.95 Å². The van der Waals surface area contributed by atoms with E-state index in [1.165, 1.54) is 12.5 Å². The van der Waals surface area contributed by atoms with Gasteiger partial charge in [0.1, 0.15) is 0 Å². The summed E-state index contributed by atoms with van der Waals surface area (Å²) in [5.41, 5.74) is 2.30. The van der Waals surface area contributed by atoms with E-state index in [1.54, 1.807) is 12.1 Å². The molecule has 6 heteroatoms. The van der Waals surface area contributed by atoms with Gasteiger partial charge >= 0.3 is 0 Å². The number of hydrogen-bond donors (Lipinski definition) is 1. The number of carbonyl (C=O) groups is 2. The third-order valence-corrected chi connectivity index (χ3v) is 4.28. The van der Waals surface area contributed by atoms with Crippen LogP contribution in [0.25, 0.3) is 0 Å². The third kappa shape index (κ3) is 3.06. The Bertz CT molecular complexity index is 920. The van der Waals surface area contributed by atoms with Crippen LogP contribution in [0.5, 0.6) is 0 Å². The number of furan rings is 1. The molecular formula is C19H15N3O3. The van der Waals surface area contributed by atoms with Crippen molar-refractivity contribution in [1.82, 2.24) is 9.97 Å². The standard InChI is InChI=1S/C19H15N3O3/c23-16-10-13(12-5-2-1-3-6-12)9-15-14(16)11-20-19(21-15)22-18(24)17-7-4-8-25-17/h1-8,11,13H,9-10H2,(H,20,21,22,24)/t13-/m0/s1. The summed E-state index contributed by atoms with van der Waals surface area (Å²) in [5.74, 6) is 0.0386. The average Bonchev–Trinajstić information content (AvgIpc) is 3.17. The molecular weight excluding hydrogens is 318 g/mol. The number of benzene rings is 1. The molecule has 0 bridgehead atoms.